The Kier molecular flexibility index (Phi) is 5.83. The van der Waals surface area contributed by atoms with Crippen molar-refractivity contribution in [2.75, 3.05) is 12.3 Å². The molecule has 6 rings (SSSR count). The number of aliphatic hydroxyl groups is 1. The Morgan fingerprint density at radius 1 is 1.29 bits per heavy atom. The molecule has 0 aromatic carbocycles. The van der Waals surface area contributed by atoms with Crippen LogP contribution in [0.15, 0.2) is 37.1 Å². The number of aryl methyl sites for hydroxylation is 1. The van der Waals surface area contributed by atoms with Crippen molar-refractivity contribution in [2.45, 2.75) is 44.8 Å². The van der Waals surface area contributed by atoms with Crippen LogP contribution in [0.5, 0.6) is 5.75 Å². The molecule has 2 unspecified atom stereocenters. The third-order valence-corrected chi connectivity index (χ3v) is 6.90. The van der Waals surface area contributed by atoms with Crippen LogP contribution in [0.4, 0.5) is 5.82 Å². The van der Waals surface area contributed by atoms with Gasteiger partial charge in [-0.1, -0.05) is 6.08 Å². The van der Waals surface area contributed by atoms with Crippen molar-refractivity contribution in [1.29, 1.82) is 0 Å². The second kappa shape index (κ2) is 9.34. The Morgan fingerprint density at radius 2 is 2.16 bits per heavy atom. The number of carbonyl (C=O) groups is 2. The molecule has 0 aliphatic carbocycles. The molecule has 13 nitrogen and oxygen atoms in total. The summed E-state index contributed by atoms with van der Waals surface area (Å²) < 4.78 is 7.15. The quantitative estimate of drug-likeness (QED) is 0.321. The van der Waals surface area contributed by atoms with Crippen LogP contribution < -0.4 is 10.5 Å². The second-order valence-electron chi connectivity index (χ2n) is 9.29. The van der Waals surface area contributed by atoms with Gasteiger partial charge in [0.1, 0.15) is 29.7 Å². The van der Waals surface area contributed by atoms with E-state index in [0.29, 0.717) is 71.8 Å². The number of carbonyl (C=O) groups excluding carboxylic acids is 2. The van der Waals surface area contributed by atoms with Crippen molar-refractivity contribution in [1.82, 2.24) is 39.7 Å². The highest BCUT2D eigenvalue weighted by molar-refractivity contribution is 6.00. The first-order valence-corrected chi connectivity index (χ1v) is 12.2. The fourth-order valence-electron chi connectivity index (χ4n) is 5.01. The first-order valence-electron chi connectivity index (χ1n) is 12.2. The third kappa shape index (κ3) is 3.96. The summed E-state index contributed by atoms with van der Waals surface area (Å²) in [7, 11) is 0. The van der Waals surface area contributed by atoms with E-state index < -0.39 is 6.10 Å². The molecule has 2 aliphatic rings. The zero-order chi connectivity index (χ0) is 26.4. The van der Waals surface area contributed by atoms with E-state index in [9.17, 15) is 14.7 Å². The summed E-state index contributed by atoms with van der Waals surface area (Å²) in [5.74, 6) is 0.371. The topological polar surface area (TPSA) is 178 Å². The zero-order valence-electron chi connectivity index (χ0n) is 20.5. The van der Waals surface area contributed by atoms with Crippen LogP contribution in [0.2, 0.25) is 0 Å². The van der Waals surface area contributed by atoms with E-state index in [1.54, 1.807) is 29.6 Å². The number of anilines is 1. The maximum Gasteiger partial charge on any atom is 0.295 e. The number of Topliss-reactive ketones (excluding diaryl/α,β-unsaturated/α-hetero) is 1. The lowest BCUT2D eigenvalue weighted by molar-refractivity contribution is 0.0767. The molecule has 2 atom stereocenters. The molecule has 6 heterocycles. The monoisotopic (exact) mass is 515 g/mol. The van der Waals surface area contributed by atoms with Crippen LogP contribution in [-0.4, -0.2) is 69.1 Å². The average molecular weight is 516 g/mol. The minimum Gasteiger partial charge on any atom is -0.491 e. The van der Waals surface area contributed by atoms with Crippen LogP contribution in [0, 0.1) is 0 Å². The first-order chi connectivity index (χ1) is 18.4. The van der Waals surface area contributed by atoms with Gasteiger partial charge in [-0.05, 0) is 32.3 Å². The van der Waals surface area contributed by atoms with E-state index in [1.165, 1.54) is 17.8 Å². The van der Waals surface area contributed by atoms with Crippen molar-refractivity contribution >= 4 is 23.2 Å². The lowest BCUT2D eigenvalue weighted by Crippen LogP contribution is -2.34. The maximum atomic E-state index is 12.8. The number of nitrogens with one attached hydrogen (secondary N) is 1. The van der Waals surface area contributed by atoms with Crippen molar-refractivity contribution in [3.05, 3.63) is 59.8 Å². The number of amides is 1. The highest BCUT2D eigenvalue weighted by Crippen LogP contribution is 2.35. The number of hydrogen-bond acceptors (Lipinski definition) is 10. The second-order valence-corrected chi connectivity index (χ2v) is 9.29. The van der Waals surface area contributed by atoms with Crippen molar-refractivity contribution in [2.24, 2.45) is 0 Å². The van der Waals surface area contributed by atoms with E-state index in [4.69, 9.17) is 15.5 Å². The number of pyridine rings is 1. The minimum absolute atomic E-state index is 0.135. The predicted octanol–water partition coefficient (Wildman–Crippen LogP) is 1.87. The van der Waals surface area contributed by atoms with Gasteiger partial charge >= 0.3 is 0 Å². The van der Waals surface area contributed by atoms with E-state index in [-0.39, 0.29) is 29.4 Å². The highest BCUT2D eigenvalue weighted by atomic mass is 16.5. The predicted molar refractivity (Wildman–Crippen MR) is 134 cm³/mol. The van der Waals surface area contributed by atoms with Gasteiger partial charge in [-0.15, -0.1) is 0 Å². The number of aromatic nitrogens is 7. The SMILES string of the molecule is CC(=O)c1c(CCC2CC=CN2C(=O)c2ncn[nH]2)nc2c(-c3cnc4c(c3)OCCC4O)cnn2c1N. The molecule has 4 aromatic heterocycles. The summed E-state index contributed by atoms with van der Waals surface area (Å²) in [4.78, 5) is 40.3. The number of aliphatic hydroxyl groups excluding tert-OH is 1. The molecule has 0 bridgehead atoms. The van der Waals surface area contributed by atoms with Crippen molar-refractivity contribution < 1.29 is 19.4 Å². The minimum atomic E-state index is -0.671. The van der Waals surface area contributed by atoms with Crippen LogP contribution in [-0.2, 0) is 6.42 Å². The van der Waals surface area contributed by atoms with Crippen LogP contribution in [0.3, 0.4) is 0 Å². The van der Waals surface area contributed by atoms with Gasteiger partial charge in [0.2, 0.25) is 5.82 Å². The number of hydrogen-bond donors (Lipinski definition) is 3. The third-order valence-electron chi connectivity index (χ3n) is 6.90. The fourth-order valence-corrected chi connectivity index (χ4v) is 5.01. The highest BCUT2D eigenvalue weighted by Gasteiger charge is 2.29. The van der Waals surface area contributed by atoms with Crippen molar-refractivity contribution in [3.8, 4) is 16.9 Å². The summed E-state index contributed by atoms with van der Waals surface area (Å²) in [6.45, 7) is 1.84. The normalized spacial score (nSPS) is 18.5. The van der Waals surface area contributed by atoms with E-state index in [1.807, 2.05) is 6.08 Å². The number of nitrogen functional groups attached to an aromatic ring is 1. The number of ketones is 1. The maximum absolute atomic E-state index is 12.8. The van der Waals surface area contributed by atoms with Gasteiger partial charge in [0.05, 0.1) is 24.1 Å². The van der Waals surface area contributed by atoms with Gasteiger partial charge in [-0.25, -0.2) is 9.97 Å². The van der Waals surface area contributed by atoms with Gasteiger partial charge in [0.25, 0.3) is 5.91 Å². The van der Waals surface area contributed by atoms with Gasteiger partial charge in [-0.3, -0.25) is 19.7 Å². The summed E-state index contributed by atoms with van der Waals surface area (Å²) >= 11 is 0. The number of ether oxygens (including phenoxy) is 1. The van der Waals surface area contributed by atoms with Crippen molar-refractivity contribution in [3.63, 3.8) is 0 Å². The van der Waals surface area contributed by atoms with Crippen LogP contribution in [0.25, 0.3) is 16.8 Å². The number of H-pyrrole nitrogens is 1. The number of nitrogens with zero attached hydrogens (tertiary/aromatic N) is 7. The Morgan fingerprint density at radius 3 is 2.95 bits per heavy atom. The molecule has 2 aliphatic heterocycles. The van der Waals surface area contributed by atoms with Gasteiger partial charge in [0.15, 0.2) is 11.4 Å². The van der Waals surface area contributed by atoms with Gasteiger partial charge in [0, 0.05) is 36.0 Å². The summed E-state index contributed by atoms with van der Waals surface area (Å²) in [6, 6.07) is 1.67. The number of fused-ring (bicyclic) bond motifs is 2. The molecule has 0 radical (unpaired) electrons. The molecular formula is C25H25N9O4. The first kappa shape index (κ1) is 23.7. The molecule has 4 aromatic rings. The number of nitrogens with two attached hydrogens (primary N) is 1. The Labute approximate surface area is 216 Å². The summed E-state index contributed by atoms with van der Waals surface area (Å²) in [5, 5.41) is 21.0. The van der Waals surface area contributed by atoms with Crippen LogP contribution in [0.1, 0.15) is 64.7 Å². The lowest BCUT2D eigenvalue weighted by Gasteiger charge is -2.23. The molecule has 194 valence electrons. The number of rotatable bonds is 6. The molecule has 1 amide bonds. The number of aromatic amines is 1. The van der Waals surface area contributed by atoms with Gasteiger partial charge in [-0.2, -0.15) is 14.7 Å². The van der Waals surface area contributed by atoms with E-state index in [0.717, 1.165) is 0 Å². The Bertz CT molecular complexity index is 1580. The summed E-state index contributed by atoms with van der Waals surface area (Å²) in [5.41, 5.74) is 9.60. The molecule has 0 fully saturated rings. The molecule has 38 heavy (non-hydrogen) atoms. The average Bonchev–Trinajstić information content (AvgIpc) is 3.68. The molecule has 0 spiro atoms. The Balaban J connectivity index is 1.34. The van der Waals surface area contributed by atoms with Crippen LogP contribution >= 0.6 is 0 Å². The summed E-state index contributed by atoms with van der Waals surface area (Å²) in [6.07, 6.45) is 9.65. The fraction of sp³-hybridized carbons (Fsp3) is 0.320. The van der Waals surface area contributed by atoms with E-state index in [2.05, 4.69) is 25.3 Å². The molecule has 0 saturated heterocycles. The van der Waals surface area contributed by atoms with Gasteiger partial charge < -0.3 is 20.5 Å². The largest absolute Gasteiger partial charge is 0.491 e. The Hall–Kier alpha value is -4.65. The molecular weight excluding hydrogens is 490 g/mol. The molecule has 13 heteroatoms. The lowest BCUT2D eigenvalue weighted by atomic mass is 10.0. The van der Waals surface area contributed by atoms with E-state index >= 15 is 0 Å². The molecule has 0 saturated carbocycles. The zero-order valence-corrected chi connectivity index (χ0v) is 20.5. The molecule has 4 N–H and O–H groups in total. The smallest absolute Gasteiger partial charge is 0.295 e. The standard InChI is InChI=1S/C25H25N9O4/c1-13(35)20-17(5-4-15-3-2-7-33(15)25(37)23-28-12-29-32-23)31-24-16(11-30-34(24)22(20)26)14-9-19-21(27-10-14)18(36)6-8-38-19/h2,7,9-12,15,18,36H,3-6,8,26H2,1H3,(H,28,29,32).